The zero-order valence-electron chi connectivity index (χ0n) is 19.3. The Hall–Kier alpha value is -2.82. The van der Waals surface area contributed by atoms with Gasteiger partial charge in [-0.3, -0.25) is 14.8 Å². The van der Waals surface area contributed by atoms with Gasteiger partial charge in [0.1, 0.15) is 0 Å². The molecule has 0 radical (unpaired) electrons. The normalized spacial score (nSPS) is 18.5. The van der Waals surface area contributed by atoms with Crippen LogP contribution in [0.1, 0.15) is 43.6 Å². The van der Waals surface area contributed by atoms with E-state index in [2.05, 4.69) is 20.4 Å². The average molecular weight is 454 g/mol. The minimum Gasteiger partial charge on any atom is -0.426 e. The maximum absolute atomic E-state index is 13.3. The number of ether oxygens (including phenoxy) is 1. The van der Waals surface area contributed by atoms with Crippen LogP contribution in [0.3, 0.4) is 0 Å². The van der Waals surface area contributed by atoms with Crippen molar-refractivity contribution in [3.05, 3.63) is 59.7 Å². The molecule has 1 amide bonds. The lowest BCUT2D eigenvalue weighted by molar-refractivity contribution is -0.144. The van der Waals surface area contributed by atoms with E-state index in [1.54, 1.807) is 12.4 Å². The Labute approximate surface area is 194 Å². The van der Waals surface area contributed by atoms with Crippen molar-refractivity contribution in [1.29, 1.82) is 0 Å². The highest BCUT2D eigenvalue weighted by molar-refractivity contribution is 6.43. The van der Waals surface area contributed by atoms with Crippen molar-refractivity contribution in [2.45, 2.75) is 58.2 Å². The lowest BCUT2D eigenvalue weighted by Crippen LogP contribution is -2.56. The van der Waals surface area contributed by atoms with Crippen LogP contribution in [-0.2, 0) is 27.4 Å². The molecule has 0 aliphatic carbocycles. The largest absolute Gasteiger partial charge is 0.475 e. The molecule has 2 unspecified atom stereocenters. The minimum absolute atomic E-state index is 0.164. The third-order valence-corrected chi connectivity index (χ3v) is 5.34. The van der Waals surface area contributed by atoms with Crippen molar-refractivity contribution in [3.8, 4) is 0 Å². The summed E-state index contributed by atoms with van der Waals surface area (Å²) < 4.78 is 5.71. The summed E-state index contributed by atoms with van der Waals surface area (Å²) in [5.74, 6) is -1.08. The summed E-state index contributed by atoms with van der Waals surface area (Å²) in [6.07, 6.45) is 4.26. The Morgan fingerprint density at radius 2 is 1.97 bits per heavy atom. The third-order valence-electron chi connectivity index (χ3n) is 5.34. The van der Waals surface area contributed by atoms with Gasteiger partial charge in [-0.05, 0) is 24.8 Å². The molecular weight excluding hydrogens is 423 g/mol. The maximum Gasteiger partial charge on any atom is 0.475 e. The Morgan fingerprint density at radius 1 is 1.21 bits per heavy atom. The summed E-state index contributed by atoms with van der Waals surface area (Å²) in [4.78, 5) is 27.5. The number of carbonyl (C=O) groups is 1. The molecule has 0 bridgehead atoms. The molecule has 1 aromatic heterocycles. The quantitative estimate of drug-likeness (QED) is 0.441. The summed E-state index contributed by atoms with van der Waals surface area (Å²) >= 11 is 0. The molecule has 10 heteroatoms. The average Bonchev–Trinajstić information content (AvgIpc) is 3.19. The SMILES string of the molecule is Cc1cnc(COCC2=NOC(Cc3ccccc3)(C(=O)NC(CC(C)C)B(O)O)C2)cn1. The molecule has 0 spiro atoms. The van der Waals surface area contributed by atoms with Crippen LogP contribution >= 0.6 is 0 Å². The standard InChI is InChI=1S/C23H31BN4O5/c1-16(2)9-21(24(30)31)27-22(29)23(10-18-7-5-4-6-8-18)11-19(28-33-23)14-32-15-20-13-25-17(3)12-26-20/h4-8,12-13,16,21,30-31H,9-11,14-15H2,1-3H3,(H,27,29). The second-order valence-corrected chi connectivity index (χ2v) is 8.85. The van der Waals surface area contributed by atoms with Gasteiger partial charge in [-0.2, -0.15) is 0 Å². The molecule has 0 saturated heterocycles. The highest BCUT2D eigenvalue weighted by atomic mass is 16.7. The number of nitrogens with zero attached hydrogens (tertiary/aromatic N) is 3. The number of carbonyl (C=O) groups excluding carboxylic acids is 1. The van der Waals surface area contributed by atoms with Gasteiger partial charge in [0.25, 0.3) is 5.91 Å². The van der Waals surface area contributed by atoms with Gasteiger partial charge in [-0.15, -0.1) is 0 Å². The van der Waals surface area contributed by atoms with Gasteiger partial charge < -0.3 is 24.9 Å². The Morgan fingerprint density at radius 3 is 2.61 bits per heavy atom. The fraction of sp³-hybridized carbons (Fsp3) is 0.478. The number of hydrogen-bond acceptors (Lipinski definition) is 8. The number of aryl methyl sites for hydroxylation is 1. The zero-order chi connectivity index (χ0) is 23.8. The summed E-state index contributed by atoms with van der Waals surface area (Å²) in [5.41, 5.74) is 1.72. The molecule has 9 nitrogen and oxygen atoms in total. The van der Waals surface area contributed by atoms with Crippen molar-refractivity contribution >= 4 is 18.7 Å². The molecule has 3 rings (SSSR count). The topological polar surface area (TPSA) is 126 Å². The smallest absolute Gasteiger partial charge is 0.426 e. The molecule has 1 aliphatic rings. The van der Waals surface area contributed by atoms with Gasteiger partial charge in [0.05, 0.1) is 42.5 Å². The van der Waals surface area contributed by atoms with E-state index in [0.717, 1.165) is 11.3 Å². The molecule has 2 atom stereocenters. The second kappa shape index (κ2) is 11.4. The van der Waals surface area contributed by atoms with Crippen LogP contribution < -0.4 is 5.32 Å². The van der Waals surface area contributed by atoms with Crippen molar-refractivity contribution in [2.75, 3.05) is 6.61 Å². The van der Waals surface area contributed by atoms with Gasteiger partial charge in [0.15, 0.2) is 0 Å². The second-order valence-electron chi connectivity index (χ2n) is 8.85. The minimum atomic E-state index is -1.68. The molecule has 1 aromatic carbocycles. The van der Waals surface area contributed by atoms with Gasteiger partial charge in [-0.1, -0.05) is 49.3 Å². The maximum atomic E-state index is 13.3. The predicted molar refractivity (Wildman–Crippen MR) is 124 cm³/mol. The predicted octanol–water partition coefficient (Wildman–Crippen LogP) is 1.60. The molecule has 2 heterocycles. The number of rotatable bonds is 11. The lowest BCUT2D eigenvalue weighted by atomic mass is 9.74. The number of hydrogen-bond donors (Lipinski definition) is 3. The first kappa shape index (κ1) is 24.8. The number of oxime groups is 1. The first-order valence-electron chi connectivity index (χ1n) is 11.1. The van der Waals surface area contributed by atoms with Crippen LogP contribution in [0.15, 0.2) is 47.9 Å². The molecule has 3 N–H and O–H groups in total. The number of aromatic nitrogens is 2. The molecule has 1 aliphatic heterocycles. The van der Waals surface area contributed by atoms with Crippen molar-refractivity contribution in [1.82, 2.24) is 15.3 Å². The fourth-order valence-corrected chi connectivity index (χ4v) is 3.68. The van der Waals surface area contributed by atoms with Crippen LogP contribution in [0.5, 0.6) is 0 Å². The van der Waals surface area contributed by atoms with E-state index in [1.165, 1.54) is 0 Å². The van der Waals surface area contributed by atoms with E-state index in [1.807, 2.05) is 51.1 Å². The Kier molecular flexibility index (Phi) is 8.54. The molecule has 0 fully saturated rings. The van der Waals surface area contributed by atoms with Crippen molar-refractivity contribution in [3.63, 3.8) is 0 Å². The molecule has 0 saturated carbocycles. The van der Waals surface area contributed by atoms with Crippen LogP contribution in [0.2, 0.25) is 0 Å². The monoisotopic (exact) mass is 454 g/mol. The van der Waals surface area contributed by atoms with Gasteiger partial charge in [0.2, 0.25) is 5.60 Å². The van der Waals surface area contributed by atoms with Gasteiger partial charge in [-0.25, -0.2) is 0 Å². The van der Waals surface area contributed by atoms with E-state index >= 15 is 0 Å². The van der Waals surface area contributed by atoms with E-state index in [9.17, 15) is 14.8 Å². The van der Waals surface area contributed by atoms with E-state index in [-0.39, 0.29) is 32.0 Å². The first-order valence-corrected chi connectivity index (χ1v) is 11.1. The Bertz CT molecular complexity index is 940. The molecule has 33 heavy (non-hydrogen) atoms. The van der Waals surface area contributed by atoms with Crippen molar-refractivity contribution in [2.24, 2.45) is 11.1 Å². The van der Waals surface area contributed by atoms with E-state index in [0.29, 0.717) is 17.8 Å². The van der Waals surface area contributed by atoms with Crippen LogP contribution in [0.4, 0.5) is 0 Å². The number of nitrogens with one attached hydrogen (secondary N) is 1. The van der Waals surface area contributed by atoms with Gasteiger partial charge >= 0.3 is 7.12 Å². The fourth-order valence-electron chi connectivity index (χ4n) is 3.68. The van der Waals surface area contributed by atoms with Crippen LogP contribution in [-0.4, -0.2) is 56.9 Å². The molecule has 176 valence electrons. The van der Waals surface area contributed by atoms with Crippen molar-refractivity contribution < 1.29 is 24.4 Å². The highest BCUT2D eigenvalue weighted by Gasteiger charge is 2.48. The highest BCUT2D eigenvalue weighted by Crippen LogP contribution is 2.29. The lowest BCUT2D eigenvalue weighted by Gasteiger charge is -2.29. The summed E-state index contributed by atoms with van der Waals surface area (Å²) in [6.45, 7) is 6.20. The van der Waals surface area contributed by atoms with Gasteiger partial charge in [0, 0.05) is 19.0 Å². The van der Waals surface area contributed by atoms with E-state index in [4.69, 9.17) is 9.57 Å². The first-order chi connectivity index (χ1) is 15.8. The van der Waals surface area contributed by atoms with E-state index < -0.39 is 24.6 Å². The number of benzene rings is 1. The van der Waals surface area contributed by atoms with Crippen LogP contribution in [0, 0.1) is 12.8 Å². The zero-order valence-corrected chi connectivity index (χ0v) is 19.3. The van der Waals surface area contributed by atoms with Crippen LogP contribution in [0.25, 0.3) is 0 Å². The Balaban J connectivity index is 1.68. The third kappa shape index (κ3) is 7.08. The number of amides is 1. The summed E-state index contributed by atoms with van der Waals surface area (Å²) in [5, 5.41) is 26.4. The molecule has 2 aromatic rings. The summed E-state index contributed by atoms with van der Waals surface area (Å²) in [7, 11) is -1.68. The summed E-state index contributed by atoms with van der Waals surface area (Å²) in [6, 6.07) is 9.51. The molecular formula is C23H31BN4O5.